The van der Waals surface area contributed by atoms with E-state index in [4.69, 9.17) is 26.2 Å². The summed E-state index contributed by atoms with van der Waals surface area (Å²) in [5.41, 5.74) is 7.07. The number of hydrogen-bond acceptors (Lipinski definition) is 8. The standard InChI is InChI=1S/C23H41ClN6O3SSi2/c1-22(2,3)35(8,9)32-14-15(33-36(10,11)23(4,5)6)20(34-16(14)19(31)26-7)30-12-27-13-17(25)28-21(24)29-18(13)30/h12,14-16,20H,1-11H3,(H,26,31)(H2,25,28,29). The molecule has 4 atom stereocenters. The Labute approximate surface area is 225 Å². The molecule has 1 amide bonds. The minimum absolute atomic E-state index is 0.0399. The molecule has 1 aliphatic heterocycles. The third kappa shape index (κ3) is 5.48. The molecule has 0 radical (unpaired) electrons. The summed E-state index contributed by atoms with van der Waals surface area (Å²) in [7, 11) is -2.89. The van der Waals surface area contributed by atoms with Gasteiger partial charge >= 0.3 is 0 Å². The maximum Gasteiger partial charge on any atom is 0.235 e. The van der Waals surface area contributed by atoms with Gasteiger partial charge in [-0.2, -0.15) is 9.97 Å². The summed E-state index contributed by atoms with van der Waals surface area (Å²) in [5.74, 6) is 0.122. The molecular formula is C23H41ClN6O3SSi2. The van der Waals surface area contributed by atoms with Crippen molar-refractivity contribution in [2.45, 2.75) is 101 Å². The fourth-order valence-corrected chi connectivity index (χ4v) is 8.13. The molecule has 2 aromatic heterocycles. The van der Waals surface area contributed by atoms with E-state index in [9.17, 15) is 4.79 Å². The Kier molecular flexibility index (Phi) is 8.03. The van der Waals surface area contributed by atoms with Gasteiger partial charge in [-0.25, -0.2) is 4.98 Å². The van der Waals surface area contributed by atoms with Gasteiger partial charge in [-0.1, -0.05) is 41.5 Å². The highest BCUT2D eigenvalue weighted by atomic mass is 35.5. The van der Waals surface area contributed by atoms with Crippen molar-refractivity contribution in [3.8, 4) is 0 Å². The van der Waals surface area contributed by atoms with Crippen LogP contribution in [0.4, 0.5) is 5.82 Å². The van der Waals surface area contributed by atoms with Crippen LogP contribution >= 0.6 is 23.4 Å². The van der Waals surface area contributed by atoms with Crippen molar-refractivity contribution in [2.75, 3.05) is 12.8 Å². The number of aromatic nitrogens is 4. The first kappa shape index (κ1) is 29.4. The number of nitrogens with two attached hydrogens (primary N) is 1. The van der Waals surface area contributed by atoms with Gasteiger partial charge in [-0.15, -0.1) is 11.8 Å². The van der Waals surface area contributed by atoms with Gasteiger partial charge in [0.15, 0.2) is 28.1 Å². The summed E-state index contributed by atoms with van der Waals surface area (Å²) in [6.07, 6.45) is 0.808. The molecule has 0 aromatic carbocycles. The molecular weight excluding hydrogens is 532 g/mol. The predicted octanol–water partition coefficient (Wildman–Crippen LogP) is 5.20. The number of amides is 1. The molecule has 0 bridgehead atoms. The van der Waals surface area contributed by atoms with Crippen molar-refractivity contribution in [3.05, 3.63) is 11.6 Å². The van der Waals surface area contributed by atoms with E-state index < -0.39 is 34.1 Å². The number of fused-ring (bicyclic) bond motifs is 1. The van der Waals surface area contributed by atoms with Gasteiger partial charge < -0.3 is 19.9 Å². The monoisotopic (exact) mass is 572 g/mol. The van der Waals surface area contributed by atoms with E-state index in [0.29, 0.717) is 11.2 Å². The van der Waals surface area contributed by atoms with Crippen LogP contribution in [0.3, 0.4) is 0 Å². The highest BCUT2D eigenvalue weighted by molar-refractivity contribution is 8.01. The number of anilines is 1. The topological polar surface area (TPSA) is 117 Å². The summed E-state index contributed by atoms with van der Waals surface area (Å²) >= 11 is 7.68. The molecule has 13 heteroatoms. The number of nitrogen functional groups attached to an aromatic ring is 1. The van der Waals surface area contributed by atoms with E-state index in [1.54, 1.807) is 13.4 Å². The molecule has 1 aliphatic rings. The van der Waals surface area contributed by atoms with Gasteiger partial charge in [0.1, 0.15) is 22.2 Å². The van der Waals surface area contributed by atoms with E-state index in [1.165, 1.54) is 11.8 Å². The molecule has 0 saturated carbocycles. The number of imidazole rings is 1. The van der Waals surface area contributed by atoms with Crippen LogP contribution in [0.15, 0.2) is 6.33 Å². The second kappa shape index (κ2) is 9.84. The Bertz CT molecular complexity index is 1130. The molecule has 2 aromatic rings. The van der Waals surface area contributed by atoms with Crippen molar-refractivity contribution >= 4 is 62.9 Å². The number of carbonyl (C=O) groups excluding carboxylic acids is 1. The Morgan fingerprint density at radius 3 is 2.08 bits per heavy atom. The van der Waals surface area contributed by atoms with Gasteiger partial charge in [0.2, 0.25) is 11.2 Å². The molecule has 9 nitrogen and oxygen atoms in total. The highest BCUT2D eigenvalue weighted by Gasteiger charge is 2.55. The summed E-state index contributed by atoms with van der Waals surface area (Å²) < 4.78 is 16.0. The smallest absolute Gasteiger partial charge is 0.235 e. The number of hydrogen-bond donors (Lipinski definition) is 2. The minimum atomic E-state index is -2.28. The summed E-state index contributed by atoms with van der Waals surface area (Å²) in [4.78, 5) is 26.2. The molecule has 3 N–H and O–H groups in total. The fraction of sp³-hybridized carbons (Fsp3) is 0.739. The third-order valence-corrected chi connectivity index (χ3v) is 18.5. The van der Waals surface area contributed by atoms with Gasteiger partial charge in [-0.05, 0) is 47.9 Å². The molecule has 0 spiro atoms. The molecule has 202 valence electrons. The number of carbonyl (C=O) groups is 1. The SMILES string of the molecule is CNC(=O)C1SC(n2cnc3c(N)nc(Cl)nc32)C(O[Si](C)(C)C(C)(C)C)C1O[Si](C)(C)C(C)(C)C. The van der Waals surface area contributed by atoms with Crippen LogP contribution < -0.4 is 11.1 Å². The lowest BCUT2D eigenvalue weighted by Gasteiger charge is -2.44. The molecule has 4 unspecified atom stereocenters. The maximum atomic E-state index is 13.2. The lowest BCUT2D eigenvalue weighted by molar-refractivity contribution is -0.122. The summed E-state index contributed by atoms with van der Waals surface area (Å²) in [6.45, 7) is 22.0. The molecule has 1 fully saturated rings. The minimum Gasteiger partial charge on any atom is -0.410 e. The first-order valence-corrected chi connectivity index (χ1v) is 19.3. The van der Waals surface area contributed by atoms with E-state index in [2.05, 4.69) is 88.0 Å². The van der Waals surface area contributed by atoms with Gasteiger partial charge in [-0.3, -0.25) is 9.36 Å². The first-order chi connectivity index (χ1) is 16.3. The van der Waals surface area contributed by atoms with Gasteiger partial charge in [0.05, 0.1) is 12.4 Å². The van der Waals surface area contributed by atoms with E-state index in [1.807, 2.05) is 4.57 Å². The maximum absolute atomic E-state index is 13.2. The number of nitrogens with zero attached hydrogens (tertiary/aromatic N) is 4. The van der Waals surface area contributed by atoms with Crippen LogP contribution in [-0.2, 0) is 13.6 Å². The van der Waals surface area contributed by atoms with Crippen molar-refractivity contribution in [1.82, 2.24) is 24.8 Å². The molecule has 36 heavy (non-hydrogen) atoms. The lowest BCUT2D eigenvalue weighted by atomic mass is 10.1. The number of rotatable bonds is 6. The van der Waals surface area contributed by atoms with Crippen LogP contribution in [0.25, 0.3) is 11.2 Å². The normalized spacial score (nSPS) is 23.9. The van der Waals surface area contributed by atoms with Crippen LogP contribution in [0, 0.1) is 0 Å². The van der Waals surface area contributed by atoms with Gasteiger partial charge in [0, 0.05) is 7.05 Å². The Balaban J connectivity index is 2.20. The van der Waals surface area contributed by atoms with Crippen molar-refractivity contribution in [3.63, 3.8) is 0 Å². The van der Waals surface area contributed by atoms with Crippen molar-refractivity contribution in [2.24, 2.45) is 0 Å². The van der Waals surface area contributed by atoms with Crippen molar-refractivity contribution < 1.29 is 13.6 Å². The number of nitrogens with one attached hydrogen (secondary N) is 1. The zero-order valence-electron chi connectivity index (χ0n) is 23.3. The van der Waals surface area contributed by atoms with Crippen LogP contribution in [0.2, 0.25) is 41.5 Å². The quantitative estimate of drug-likeness (QED) is 0.358. The largest absolute Gasteiger partial charge is 0.410 e. The second-order valence-corrected chi connectivity index (χ2v) is 23.6. The molecule has 0 aliphatic carbocycles. The Morgan fingerprint density at radius 1 is 1.06 bits per heavy atom. The van der Waals surface area contributed by atoms with E-state index >= 15 is 0 Å². The van der Waals surface area contributed by atoms with E-state index in [-0.39, 0.29) is 32.5 Å². The highest BCUT2D eigenvalue weighted by Crippen LogP contribution is 2.51. The number of thioether (sulfide) groups is 1. The zero-order valence-corrected chi connectivity index (χ0v) is 26.8. The zero-order chi connectivity index (χ0) is 27.4. The fourth-order valence-electron chi connectivity index (χ4n) is 3.60. The average molecular weight is 573 g/mol. The molecule has 3 heterocycles. The summed E-state index contributed by atoms with van der Waals surface area (Å²) in [6, 6.07) is 0. The van der Waals surface area contributed by atoms with Gasteiger partial charge in [0.25, 0.3) is 0 Å². The Morgan fingerprint density at radius 2 is 1.58 bits per heavy atom. The third-order valence-electron chi connectivity index (χ3n) is 7.86. The second-order valence-electron chi connectivity index (χ2n) is 12.4. The average Bonchev–Trinajstić information content (AvgIpc) is 3.27. The number of halogens is 1. The molecule has 1 saturated heterocycles. The first-order valence-electron chi connectivity index (χ1n) is 12.2. The van der Waals surface area contributed by atoms with E-state index in [0.717, 1.165) is 0 Å². The van der Waals surface area contributed by atoms with Crippen LogP contribution in [-0.4, -0.2) is 66.6 Å². The lowest BCUT2D eigenvalue weighted by Crippen LogP contribution is -2.55. The molecule has 3 rings (SSSR count). The summed E-state index contributed by atoms with van der Waals surface area (Å²) in [5, 5.41) is 2.00. The van der Waals surface area contributed by atoms with Crippen LogP contribution in [0.5, 0.6) is 0 Å². The predicted molar refractivity (Wildman–Crippen MR) is 153 cm³/mol. The van der Waals surface area contributed by atoms with Crippen LogP contribution in [0.1, 0.15) is 46.9 Å². The Hall–Kier alpha value is -1.19. The van der Waals surface area contributed by atoms with Crippen molar-refractivity contribution in [1.29, 1.82) is 0 Å².